The highest BCUT2D eigenvalue weighted by atomic mass is 16.5. The van der Waals surface area contributed by atoms with E-state index in [-0.39, 0.29) is 0 Å². The third-order valence-corrected chi connectivity index (χ3v) is 4.15. The average molecular weight is 298 g/mol. The lowest BCUT2D eigenvalue weighted by molar-refractivity contribution is 0.0389. The lowest BCUT2D eigenvalue weighted by atomic mass is 9.99. The number of unbranched alkanes of at least 4 members (excludes halogenated alkanes) is 1. The van der Waals surface area contributed by atoms with Crippen LogP contribution in [0.2, 0.25) is 0 Å². The van der Waals surface area contributed by atoms with E-state index in [2.05, 4.69) is 34.4 Å². The minimum Gasteiger partial charge on any atom is -0.379 e. The number of morpholine rings is 1. The zero-order valence-corrected chi connectivity index (χ0v) is 14.2. The van der Waals surface area contributed by atoms with Gasteiger partial charge in [-0.05, 0) is 12.3 Å². The standard InChI is InChI=1S/C16H34N4O/c1-4-6-7-15(5-2)14-19-16(17-3)18-8-9-20-10-12-21-13-11-20/h15H,4-14H2,1-3H3,(H2,17,18,19). The highest BCUT2D eigenvalue weighted by Gasteiger charge is 2.10. The minimum absolute atomic E-state index is 0.753. The fourth-order valence-electron chi connectivity index (χ4n) is 2.56. The first kappa shape index (κ1) is 18.2. The van der Waals surface area contributed by atoms with Crippen molar-refractivity contribution >= 4 is 5.96 Å². The first-order valence-electron chi connectivity index (χ1n) is 8.54. The van der Waals surface area contributed by atoms with Crippen molar-refractivity contribution in [3.8, 4) is 0 Å². The van der Waals surface area contributed by atoms with E-state index < -0.39 is 0 Å². The Bertz CT molecular complexity index is 277. The van der Waals surface area contributed by atoms with Gasteiger partial charge in [0.25, 0.3) is 0 Å². The number of aliphatic imine (C=N–C) groups is 1. The highest BCUT2D eigenvalue weighted by Crippen LogP contribution is 2.10. The van der Waals surface area contributed by atoms with Crippen LogP contribution in [0.3, 0.4) is 0 Å². The maximum atomic E-state index is 5.36. The van der Waals surface area contributed by atoms with Gasteiger partial charge in [0.1, 0.15) is 0 Å². The van der Waals surface area contributed by atoms with E-state index in [1.807, 2.05) is 7.05 Å². The molecule has 1 unspecified atom stereocenters. The fourth-order valence-corrected chi connectivity index (χ4v) is 2.56. The summed E-state index contributed by atoms with van der Waals surface area (Å²) in [5.74, 6) is 1.68. The third-order valence-electron chi connectivity index (χ3n) is 4.15. The molecule has 124 valence electrons. The van der Waals surface area contributed by atoms with E-state index in [4.69, 9.17) is 4.74 Å². The molecule has 0 aliphatic carbocycles. The number of hydrogen-bond donors (Lipinski definition) is 2. The normalized spacial score (nSPS) is 18.5. The van der Waals surface area contributed by atoms with Crippen molar-refractivity contribution in [1.29, 1.82) is 0 Å². The Hall–Kier alpha value is -0.810. The van der Waals surface area contributed by atoms with Crippen LogP contribution < -0.4 is 10.6 Å². The van der Waals surface area contributed by atoms with Crippen LogP contribution >= 0.6 is 0 Å². The maximum Gasteiger partial charge on any atom is 0.191 e. The topological polar surface area (TPSA) is 48.9 Å². The number of nitrogens with one attached hydrogen (secondary N) is 2. The molecule has 5 nitrogen and oxygen atoms in total. The van der Waals surface area contributed by atoms with Crippen LogP contribution in [-0.2, 0) is 4.74 Å². The second kappa shape index (κ2) is 11.8. The number of rotatable bonds is 9. The molecule has 1 saturated heterocycles. The molecule has 1 aliphatic heterocycles. The average Bonchev–Trinajstić information content (AvgIpc) is 2.54. The number of hydrogen-bond acceptors (Lipinski definition) is 3. The Morgan fingerprint density at radius 3 is 2.62 bits per heavy atom. The molecular formula is C16H34N4O. The molecule has 1 fully saturated rings. The molecule has 0 saturated carbocycles. The van der Waals surface area contributed by atoms with Gasteiger partial charge in [-0.25, -0.2) is 0 Å². The zero-order valence-electron chi connectivity index (χ0n) is 14.2. The molecule has 0 amide bonds. The molecule has 1 rings (SSSR count). The van der Waals surface area contributed by atoms with Crippen LogP contribution in [0.5, 0.6) is 0 Å². The van der Waals surface area contributed by atoms with Gasteiger partial charge in [0.05, 0.1) is 13.2 Å². The Morgan fingerprint density at radius 1 is 1.24 bits per heavy atom. The molecule has 1 aliphatic rings. The third kappa shape index (κ3) is 8.27. The summed E-state index contributed by atoms with van der Waals surface area (Å²) in [5.41, 5.74) is 0. The summed E-state index contributed by atoms with van der Waals surface area (Å²) in [6.07, 6.45) is 5.15. The Kier molecular flexibility index (Phi) is 10.3. The van der Waals surface area contributed by atoms with Gasteiger partial charge in [0.15, 0.2) is 5.96 Å². The summed E-state index contributed by atoms with van der Waals surface area (Å²) in [6, 6.07) is 0. The molecule has 1 heterocycles. The molecule has 0 aromatic carbocycles. The summed E-state index contributed by atoms with van der Waals surface area (Å²) in [4.78, 5) is 6.74. The molecule has 1 atom stereocenters. The van der Waals surface area contributed by atoms with E-state index in [1.165, 1.54) is 25.7 Å². The number of nitrogens with zero attached hydrogens (tertiary/aromatic N) is 2. The summed E-state index contributed by atoms with van der Waals surface area (Å²) in [5, 5.41) is 6.87. The maximum absolute atomic E-state index is 5.36. The molecule has 0 spiro atoms. The lowest BCUT2D eigenvalue weighted by Gasteiger charge is -2.27. The van der Waals surface area contributed by atoms with Gasteiger partial charge in [-0.2, -0.15) is 0 Å². The molecule has 0 aromatic heterocycles. The van der Waals surface area contributed by atoms with Crippen LogP contribution in [0.1, 0.15) is 39.5 Å². The number of guanidine groups is 1. The van der Waals surface area contributed by atoms with Gasteiger partial charge in [-0.1, -0.05) is 33.1 Å². The van der Waals surface area contributed by atoms with Gasteiger partial charge >= 0.3 is 0 Å². The zero-order chi connectivity index (χ0) is 15.3. The Morgan fingerprint density at radius 2 is 2.00 bits per heavy atom. The summed E-state index contributed by atoms with van der Waals surface area (Å²) in [7, 11) is 1.84. The van der Waals surface area contributed by atoms with Crippen molar-refractivity contribution in [2.75, 3.05) is 53.0 Å². The second-order valence-corrected chi connectivity index (χ2v) is 5.75. The lowest BCUT2D eigenvalue weighted by Crippen LogP contribution is -2.45. The van der Waals surface area contributed by atoms with Gasteiger partial charge in [0, 0.05) is 39.8 Å². The van der Waals surface area contributed by atoms with Crippen LogP contribution in [0.25, 0.3) is 0 Å². The van der Waals surface area contributed by atoms with E-state index in [9.17, 15) is 0 Å². The first-order chi connectivity index (χ1) is 10.3. The minimum atomic E-state index is 0.753. The van der Waals surface area contributed by atoms with Crippen LogP contribution in [-0.4, -0.2) is 63.8 Å². The van der Waals surface area contributed by atoms with Crippen molar-refractivity contribution in [1.82, 2.24) is 15.5 Å². The second-order valence-electron chi connectivity index (χ2n) is 5.75. The summed E-state index contributed by atoms with van der Waals surface area (Å²) >= 11 is 0. The van der Waals surface area contributed by atoms with Crippen molar-refractivity contribution < 1.29 is 4.74 Å². The van der Waals surface area contributed by atoms with E-state index in [0.29, 0.717) is 0 Å². The molecule has 0 bridgehead atoms. The van der Waals surface area contributed by atoms with Gasteiger partial charge in [0.2, 0.25) is 0 Å². The van der Waals surface area contributed by atoms with Crippen LogP contribution in [0.4, 0.5) is 0 Å². The summed E-state index contributed by atoms with van der Waals surface area (Å²) in [6.45, 7) is 11.4. The Labute approximate surface area is 130 Å². The highest BCUT2D eigenvalue weighted by molar-refractivity contribution is 5.79. The van der Waals surface area contributed by atoms with E-state index >= 15 is 0 Å². The van der Waals surface area contributed by atoms with Crippen molar-refractivity contribution in [3.05, 3.63) is 0 Å². The predicted molar refractivity (Wildman–Crippen MR) is 89.9 cm³/mol. The number of ether oxygens (including phenoxy) is 1. The van der Waals surface area contributed by atoms with Crippen LogP contribution in [0, 0.1) is 5.92 Å². The van der Waals surface area contributed by atoms with Gasteiger partial charge < -0.3 is 15.4 Å². The van der Waals surface area contributed by atoms with Gasteiger partial charge in [-0.3, -0.25) is 9.89 Å². The molecule has 21 heavy (non-hydrogen) atoms. The van der Waals surface area contributed by atoms with E-state index in [1.54, 1.807) is 0 Å². The Balaban J connectivity index is 2.15. The quantitative estimate of drug-likeness (QED) is 0.502. The van der Waals surface area contributed by atoms with Gasteiger partial charge in [-0.15, -0.1) is 0 Å². The SMILES string of the molecule is CCCCC(CC)CNC(=NC)NCCN1CCOCC1. The fraction of sp³-hybridized carbons (Fsp3) is 0.938. The van der Waals surface area contributed by atoms with Crippen molar-refractivity contribution in [2.45, 2.75) is 39.5 Å². The molecule has 0 radical (unpaired) electrons. The predicted octanol–water partition coefficient (Wildman–Crippen LogP) is 1.70. The molecule has 5 heteroatoms. The van der Waals surface area contributed by atoms with Crippen molar-refractivity contribution in [3.63, 3.8) is 0 Å². The molecule has 0 aromatic rings. The van der Waals surface area contributed by atoms with Crippen molar-refractivity contribution in [2.24, 2.45) is 10.9 Å². The van der Waals surface area contributed by atoms with E-state index in [0.717, 1.165) is 57.8 Å². The smallest absolute Gasteiger partial charge is 0.191 e. The monoisotopic (exact) mass is 298 g/mol. The molecule has 2 N–H and O–H groups in total. The summed E-state index contributed by atoms with van der Waals surface area (Å²) < 4.78 is 5.36. The molecular weight excluding hydrogens is 264 g/mol. The van der Waals surface area contributed by atoms with Crippen LogP contribution in [0.15, 0.2) is 4.99 Å². The first-order valence-corrected chi connectivity index (χ1v) is 8.54. The largest absolute Gasteiger partial charge is 0.379 e.